The van der Waals surface area contributed by atoms with E-state index in [1.807, 2.05) is 0 Å². The van der Waals surface area contributed by atoms with Gasteiger partial charge in [-0.2, -0.15) is 12.1 Å². The predicted octanol–water partition coefficient (Wildman–Crippen LogP) is 1.16. The van der Waals surface area contributed by atoms with E-state index >= 15 is 0 Å². The van der Waals surface area contributed by atoms with Gasteiger partial charge in [-0.05, 0) is 28.2 Å². The molecule has 0 atom stereocenters. The first-order chi connectivity index (χ1) is 11.4. The summed E-state index contributed by atoms with van der Waals surface area (Å²) in [7, 11) is 5.78. The van der Waals surface area contributed by atoms with Crippen LogP contribution in [0.2, 0.25) is 39.3 Å². The largest absolute Gasteiger partial charge is 1.00 e. The van der Waals surface area contributed by atoms with Crippen molar-refractivity contribution in [3.8, 4) is 11.4 Å². The third kappa shape index (κ3) is 8.12. The quantitative estimate of drug-likeness (QED) is 0.547. The second-order valence-corrected chi connectivity index (χ2v) is 18.8. The van der Waals surface area contributed by atoms with Crippen LogP contribution in [0.5, 0.6) is 0 Å². The Morgan fingerprint density at radius 1 is 0.731 bits per heavy atom. The molecule has 0 fully saturated rings. The van der Waals surface area contributed by atoms with Gasteiger partial charge in [0, 0.05) is 18.9 Å². The zero-order chi connectivity index (χ0) is 19.4. The van der Waals surface area contributed by atoms with E-state index in [0.717, 1.165) is 13.1 Å². The second kappa shape index (κ2) is 10.3. The number of hydrogen-bond acceptors (Lipinski definition) is 2. The topological polar surface area (TPSA) is 16.3 Å². The molecule has 0 saturated carbocycles. The normalized spacial score (nSPS) is 12.2. The monoisotopic (exact) mass is 386 g/mol. The van der Waals surface area contributed by atoms with Crippen molar-refractivity contribution in [3.63, 3.8) is 0 Å². The number of rotatable bonds is 6. The van der Waals surface area contributed by atoms with Gasteiger partial charge in [0.2, 0.25) is 0 Å². The van der Waals surface area contributed by atoms with Gasteiger partial charge in [-0.25, -0.2) is 0 Å². The van der Waals surface area contributed by atoms with Crippen LogP contribution < -0.4 is 18.9 Å². The van der Waals surface area contributed by atoms with Crippen LogP contribution in [0.25, 0.3) is 11.4 Å². The van der Waals surface area contributed by atoms with Gasteiger partial charge in [-0.1, -0.05) is 45.3 Å². The van der Waals surface area contributed by atoms with Crippen molar-refractivity contribution in [3.05, 3.63) is 30.3 Å². The smallest absolute Gasteiger partial charge is 0.366 e. The third-order valence-electron chi connectivity index (χ3n) is 3.86. The summed E-state index contributed by atoms with van der Waals surface area (Å²) in [5.41, 5.74) is 1.37. The molecule has 26 heavy (non-hydrogen) atoms. The molecule has 0 radical (unpaired) electrons. The molecule has 0 unspecified atom stereocenters. The molecule has 0 aliphatic rings. The van der Waals surface area contributed by atoms with Gasteiger partial charge >= 0.3 is 18.9 Å². The first kappa shape index (κ1) is 25.6. The molecule has 1 aromatic carbocycles. The van der Waals surface area contributed by atoms with Crippen molar-refractivity contribution >= 4 is 16.5 Å². The van der Waals surface area contributed by atoms with E-state index < -0.39 is 16.5 Å². The summed E-state index contributed by atoms with van der Waals surface area (Å²) >= 11 is 0. The first-order valence-corrected chi connectivity index (χ1v) is 16.1. The van der Waals surface area contributed by atoms with Gasteiger partial charge in [0.15, 0.2) is 16.5 Å². The standard InChI is InChI=1S/C13H23N2Si2.C6H16N2.Li/c1-16(2,3)14-13(15(14)17(4,5)6)12-10-8-7-9-11-12;1-7(2)5-6-8(3)4;/h7-11H,1-6H3;5-6H2,1-4H3;/q-1;;+1. The molecule has 1 aromatic heterocycles. The van der Waals surface area contributed by atoms with Crippen molar-refractivity contribution < 1.29 is 18.9 Å². The van der Waals surface area contributed by atoms with Crippen molar-refractivity contribution in [1.29, 1.82) is 0 Å². The Morgan fingerprint density at radius 2 is 1.08 bits per heavy atom. The Hall–Kier alpha value is -0.359. The summed E-state index contributed by atoms with van der Waals surface area (Å²) < 4.78 is 5.18. The number of aromatic nitrogens is 2. The number of hydrogen-bond donors (Lipinski definition) is 0. The van der Waals surface area contributed by atoms with E-state index in [2.05, 4.69) is 116 Å². The summed E-state index contributed by atoms with van der Waals surface area (Å²) in [6, 6.07) is 10.8. The molecule has 0 aliphatic carbocycles. The van der Waals surface area contributed by atoms with Crippen molar-refractivity contribution in [2.24, 2.45) is 0 Å². The van der Waals surface area contributed by atoms with E-state index in [-0.39, 0.29) is 18.9 Å². The predicted molar refractivity (Wildman–Crippen MR) is 118 cm³/mol. The van der Waals surface area contributed by atoms with Gasteiger partial charge in [0.1, 0.15) is 0 Å². The molecular weight excluding hydrogens is 347 g/mol. The Balaban J connectivity index is 0.000000597. The van der Waals surface area contributed by atoms with Crippen molar-refractivity contribution in [2.45, 2.75) is 39.3 Å². The van der Waals surface area contributed by atoms with Crippen molar-refractivity contribution in [1.82, 2.24) is 18.5 Å². The van der Waals surface area contributed by atoms with Crippen LogP contribution in [0.15, 0.2) is 30.3 Å². The molecule has 0 bridgehead atoms. The molecule has 0 amide bonds. The maximum atomic E-state index is 2.59. The van der Waals surface area contributed by atoms with E-state index in [4.69, 9.17) is 0 Å². The maximum Gasteiger partial charge on any atom is 1.00 e. The maximum absolute atomic E-state index is 2.59. The molecule has 0 spiro atoms. The van der Waals surface area contributed by atoms with Crippen LogP contribution in [-0.4, -0.2) is 76.2 Å². The van der Waals surface area contributed by atoms with Crippen LogP contribution in [0.1, 0.15) is 0 Å². The fourth-order valence-corrected chi connectivity index (χ4v) is 7.53. The minimum absolute atomic E-state index is 0. The van der Waals surface area contributed by atoms with Crippen LogP contribution in [0.3, 0.4) is 0 Å². The fourth-order valence-electron chi connectivity index (χ4n) is 2.61. The third-order valence-corrected chi connectivity index (χ3v) is 7.42. The number of likely N-dealkylation sites (N-methyl/N-ethyl adjacent to an activating group) is 2. The van der Waals surface area contributed by atoms with Crippen LogP contribution in [0.4, 0.5) is 0 Å². The SMILES string of the molecule is CN(C)CCN(C)C.C[Si](C)(C)n1[c-](-c2ccccc2)n1[Si](C)(C)C.[Li+]. The average Bonchev–Trinajstić information content (AvgIpc) is 3.22. The van der Waals surface area contributed by atoms with Crippen LogP contribution in [-0.2, 0) is 0 Å². The molecule has 0 aliphatic heterocycles. The first-order valence-electron chi connectivity index (χ1n) is 9.18. The molecule has 4 nitrogen and oxygen atoms in total. The Bertz CT molecular complexity index is 579. The van der Waals surface area contributed by atoms with Crippen LogP contribution >= 0.6 is 0 Å². The molecule has 0 N–H and O–H groups in total. The Kier molecular flexibility index (Phi) is 10.1. The Labute approximate surface area is 175 Å². The minimum atomic E-state index is -1.29. The molecule has 1 heterocycles. The molecule has 2 aromatic rings. The summed E-state index contributed by atoms with van der Waals surface area (Å²) in [4.78, 5) is 4.36. The van der Waals surface area contributed by atoms with Crippen LogP contribution in [0, 0.1) is 0 Å². The summed E-state index contributed by atoms with van der Waals surface area (Å²) in [5, 5.41) is 0. The van der Waals surface area contributed by atoms with Gasteiger partial charge in [-0.3, -0.25) is 0 Å². The van der Waals surface area contributed by atoms with E-state index in [0.29, 0.717) is 0 Å². The van der Waals surface area contributed by atoms with Gasteiger partial charge in [0.25, 0.3) is 0 Å². The van der Waals surface area contributed by atoms with E-state index in [9.17, 15) is 0 Å². The zero-order valence-electron chi connectivity index (χ0n) is 19.1. The molecule has 2 rings (SSSR count). The van der Waals surface area contributed by atoms with E-state index in [1.165, 1.54) is 11.4 Å². The van der Waals surface area contributed by atoms with Gasteiger partial charge < -0.3 is 18.5 Å². The molecule has 144 valence electrons. The molecule has 0 saturated heterocycles. The molecule has 7 heteroatoms. The minimum Gasteiger partial charge on any atom is -0.366 e. The fraction of sp³-hybridized carbons (Fsp3) is 0.632. The summed E-state index contributed by atoms with van der Waals surface area (Å²) in [6.45, 7) is 16.8. The summed E-state index contributed by atoms with van der Waals surface area (Å²) in [6.07, 6.45) is 0. The second-order valence-electron chi connectivity index (χ2n) is 9.26. The average molecular weight is 387 g/mol. The number of benzene rings is 1. The van der Waals surface area contributed by atoms with Gasteiger partial charge in [-0.15, -0.1) is 17.7 Å². The Morgan fingerprint density at radius 3 is 1.35 bits per heavy atom. The summed E-state index contributed by atoms with van der Waals surface area (Å²) in [5.74, 6) is 1.46. The van der Waals surface area contributed by atoms with Crippen molar-refractivity contribution in [2.75, 3.05) is 41.3 Å². The number of nitrogens with zero attached hydrogens (tertiary/aromatic N) is 4. The molecular formula is C19H39LiN4Si2. The zero-order valence-corrected chi connectivity index (χ0v) is 21.1. The van der Waals surface area contributed by atoms with E-state index in [1.54, 1.807) is 0 Å². The van der Waals surface area contributed by atoms with Gasteiger partial charge in [0.05, 0.1) is 0 Å².